The molecule has 0 bridgehead atoms. The van der Waals surface area contributed by atoms with E-state index in [0.29, 0.717) is 29.6 Å². The number of nitrogens with zero attached hydrogens (tertiary/aromatic N) is 1. The molecular formula is C19H25IN4O3. The van der Waals surface area contributed by atoms with E-state index in [4.69, 9.17) is 9.47 Å². The number of carbonyl (C=O) groups is 1. The van der Waals surface area contributed by atoms with Crippen molar-refractivity contribution >= 4 is 41.5 Å². The molecule has 8 heteroatoms. The standard InChI is InChI=1S/C19H24N4O3.HI/c1-20-18(24)14-7-5-13(6-8-14)12-22-19(21-2)23-15-9-10-16(25-3)17(11-15)26-4;/h5-11H,12H2,1-4H3,(H,20,24)(H2,21,22,23);1H. The van der Waals surface area contributed by atoms with Gasteiger partial charge in [0.1, 0.15) is 0 Å². The average Bonchev–Trinajstić information content (AvgIpc) is 2.70. The van der Waals surface area contributed by atoms with Gasteiger partial charge < -0.3 is 25.4 Å². The first-order valence-electron chi connectivity index (χ1n) is 8.12. The maximum Gasteiger partial charge on any atom is 0.251 e. The van der Waals surface area contributed by atoms with Gasteiger partial charge in [-0.3, -0.25) is 9.79 Å². The second kappa shape index (κ2) is 11.3. The number of aliphatic imine (C=N–C) groups is 1. The van der Waals surface area contributed by atoms with E-state index in [0.717, 1.165) is 11.3 Å². The molecule has 2 rings (SSSR count). The van der Waals surface area contributed by atoms with Crippen LogP contribution in [-0.2, 0) is 6.54 Å². The van der Waals surface area contributed by atoms with Gasteiger partial charge >= 0.3 is 0 Å². The van der Waals surface area contributed by atoms with E-state index in [9.17, 15) is 4.79 Å². The highest BCUT2D eigenvalue weighted by atomic mass is 127. The molecule has 0 spiro atoms. The van der Waals surface area contributed by atoms with Crippen LogP contribution in [0.3, 0.4) is 0 Å². The zero-order chi connectivity index (χ0) is 18.9. The molecular weight excluding hydrogens is 459 g/mol. The number of nitrogens with one attached hydrogen (secondary N) is 3. The van der Waals surface area contributed by atoms with Crippen LogP contribution in [0.25, 0.3) is 0 Å². The molecule has 0 aliphatic heterocycles. The number of amides is 1. The molecule has 0 radical (unpaired) electrons. The van der Waals surface area contributed by atoms with Crippen LogP contribution >= 0.6 is 24.0 Å². The molecule has 0 aromatic heterocycles. The predicted octanol–water partition coefficient (Wildman–Crippen LogP) is 2.87. The lowest BCUT2D eigenvalue weighted by Gasteiger charge is -2.14. The lowest BCUT2D eigenvalue weighted by molar-refractivity contribution is 0.0963. The Hall–Kier alpha value is -2.49. The summed E-state index contributed by atoms with van der Waals surface area (Å²) < 4.78 is 10.5. The molecule has 0 saturated heterocycles. The minimum absolute atomic E-state index is 0. The summed E-state index contributed by atoms with van der Waals surface area (Å²) >= 11 is 0. The number of halogens is 1. The Balaban J connectivity index is 0.00000364. The first-order valence-corrected chi connectivity index (χ1v) is 8.12. The zero-order valence-corrected chi connectivity index (χ0v) is 18.2. The molecule has 1 amide bonds. The quantitative estimate of drug-likeness (QED) is 0.334. The molecule has 146 valence electrons. The summed E-state index contributed by atoms with van der Waals surface area (Å²) in [7, 11) is 6.50. The molecule has 0 atom stereocenters. The number of ether oxygens (including phenoxy) is 2. The third kappa shape index (κ3) is 6.31. The number of methoxy groups -OCH3 is 2. The van der Waals surface area contributed by atoms with Gasteiger partial charge in [-0.05, 0) is 29.8 Å². The lowest BCUT2D eigenvalue weighted by Crippen LogP contribution is -2.30. The summed E-state index contributed by atoms with van der Waals surface area (Å²) in [6.45, 7) is 0.570. The van der Waals surface area contributed by atoms with Gasteiger partial charge in [-0.2, -0.15) is 0 Å². The van der Waals surface area contributed by atoms with Gasteiger partial charge in [0, 0.05) is 38.0 Å². The van der Waals surface area contributed by atoms with Crippen LogP contribution in [0, 0.1) is 0 Å². The largest absolute Gasteiger partial charge is 0.493 e. The Morgan fingerprint density at radius 1 is 1.04 bits per heavy atom. The minimum atomic E-state index is -0.101. The fourth-order valence-electron chi connectivity index (χ4n) is 2.33. The van der Waals surface area contributed by atoms with Crippen LogP contribution in [-0.4, -0.2) is 40.2 Å². The zero-order valence-electron chi connectivity index (χ0n) is 15.8. The van der Waals surface area contributed by atoms with E-state index >= 15 is 0 Å². The maximum atomic E-state index is 11.6. The van der Waals surface area contributed by atoms with Crippen molar-refractivity contribution in [1.29, 1.82) is 0 Å². The monoisotopic (exact) mass is 484 g/mol. The minimum Gasteiger partial charge on any atom is -0.493 e. The van der Waals surface area contributed by atoms with Crippen LogP contribution in [0.15, 0.2) is 47.5 Å². The van der Waals surface area contributed by atoms with E-state index in [-0.39, 0.29) is 29.9 Å². The summed E-state index contributed by atoms with van der Waals surface area (Å²) in [6.07, 6.45) is 0. The first-order chi connectivity index (χ1) is 12.6. The smallest absolute Gasteiger partial charge is 0.251 e. The van der Waals surface area contributed by atoms with Crippen molar-refractivity contribution in [3.8, 4) is 11.5 Å². The molecule has 0 heterocycles. The van der Waals surface area contributed by atoms with Gasteiger partial charge in [-0.15, -0.1) is 24.0 Å². The first kappa shape index (κ1) is 22.6. The Morgan fingerprint density at radius 2 is 1.70 bits per heavy atom. The third-order valence-electron chi connectivity index (χ3n) is 3.77. The number of rotatable bonds is 6. The molecule has 0 aliphatic rings. The van der Waals surface area contributed by atoms with Crippen LogP contribution < -0.4 is 25.4 Å². The molecule has 7 nitrogen and oxygen atoms in total. The second-order valence-electron chi connectivity index (χ2n) is 5.40. The highest BCUT2D eigenvalue weighted by Gasteiger charge is 2.07. The number of hydrogen-bond donors (Lipinski definition) is 3. The molecule has 2 aromatic carbocycles. The van der Waals surface area contributed by atoms with E-state index in [1.54, 1.807) is 40.4 Å². The summed E-state index contributed by atoms with van der Waals surface area (Å²) in [5.74, 6) is 1.82. The van der Waals surface area contributed by atoms with Crippen molar-refractivity contribution in [2.75, 3.05) is 33.6 Å². The molecule has 0 aliphatic carbocycles. The third-order valence-corrected chi connectivity index (χ3v) is 3.77. The summed E-state index contributed by atoms with van der Waals surface area (Å²) in [5.41, 5.74) is 2.49. The molecule has 3 N–H and O–H groups in total. The van der Waals surface area contributed by atoms with Crippen LogP contribution in [0.4, 0.5) is 5.69 Å². The maximum absolute atomic E-state index is 11.6. The fraction of sp³-hybridized carbons (Fsp3) is 0.263. The summed E-state index contributed by atoms with van der Waals surface area (Å²) in [5, 5.41) is 9.03. The van der Waals surface area contributed by atoms with Crippen molar-refractivity contribution in [1.82, 2.24) is 10.6 Å². The molecule has 0 saturated carbocycles. The summed E-state index contributed by atoms with van der Waals surface area (Å²) in [6, 6.07) is 12.9. The second-order valence-corrected chi connectivity index (χ2v) is 5.40. The fourth-order valence-corrected chi connectivity index (χ4v) is 2.33. The van der Waals surface area contributed by atoms with Crippen molar-refractivity contribution < 1.29 is 14.3 Å². The van der Waals surface area contributed by atoms with Gasteiger partial charge in [0.2, 0.25) is 0 Å². The van der Waals surface area contributed by atoms with E-state index in [1.807, 2.05) is 30.3 Å². The molecule has 27 heavy (non-hydrogen) atoms. The molecule has 0 unspecified atom stereocenters. The summed E-state index contributed by atoms with van der Waals surface area (Å²) in [4.78, 5) is 15.8. The SMILES string of the molecule is CN=C(NCc1ccc(C(=O)NC)cc1)Nc1ccc(OC)c(OC)c1.I. The van der Waals surface area contributed by atoms with E-state index in [1.165, 1.54) is 0 Å². The van der Waals surface area contributed by atoms with Gasteiger partial charge in [-0.25, -0.2) is 0 Å². The van der Waals surface area contributed by atoms with Crippen LogP contribution in [0.1, 0.15) is 15.9 Å². The van der Waals surface area contributed by atoms with Gasteiger partial charge in [-0.1, -0.05) is 12.1 Å². The van der Waals surface area contributed by atoms with Crippen molar-refractivity contribution in [3.05, 3.63) is 53.6 Å². The van der Waals surface area contributed by atoms with Crippen LogP contribution in [0.5, 0.6) is 11.5 Å². The highest BCUT2D eigenvalue weighted by Crippen LogP contribution is 2.29. The lowest BCUT2D eigenvalue weighted by atomic mass is 10.1. The molecule has 2 aromatic rings. The molecule has 0 fully saturated rings. The number of anilines is 1. The Bertz CT molecular complexity index is 779. The van der Waals surface area contributed by atoms with Crippen molar-refractivity contribution in [2.45, 2.75) is 6.54 Å². The number of benzene rings is 2. The van der Waals surface area contributed by atoms with Gasteiger partial charge in [0.05, 0.1) is 14.2 Å². The number of hydrogen-bond acceptors (Lipinski definition) is 4. The van der Waals surface area contributed by atoms with Crippen LogP contribution in [0.2, 0.25) is 0 Å². The Labute approximate surface area is 176 Å². The Morgan fingerprint density at radius 3 is 2.26 bits per heavy atom. The van der Waals surface area contributed by atoms with Gasteiger partial charge in [0.15, 0.2) is 17.5 Å². The Kier molecular flexibility index (Phi) is 9.41. The van der Waals surface area contributed by atoms with E-state index in [2.05, 4.69) is 20.9 Å². The number of carbonyl (C=O) groups excluding carboxylic acids is 1. The highest BCUT2D eigenvalue weighted by molar-refractivity contribution is 14.0. The van der Waals surface area contributed by atoms with Crippen molar-refractivity contribution in [2.24, 2.45) is 4.99 Å². The van der Waals surface area contributed by atoms with E-state index < -0.39 is 0 Å². The van der Waals surface area contributed by atoms with Gasteiger partial charge in [0.25, 0.3) is 5.91 Å². The predicted molar refractivity (Wildman–Crippen MR) is 119 cm³/mol. The normalized spacial score (nSPS) is 10.4. The average molecular weight is 484 g/mol. The topological polar surface area (TPSA) is 84.0 Å². The van der Waals surface area contributed by atoms with Crippen molar-refractivity contribution in [3.63, 3.8) is 0 Å². The number of guanidine groups is 1.